The summed E-state index contributed by atoms with van der Waals surface area (Å²) in [6, 6.07) is 1.95. The number of nitrogens with one attached hydrogen (secondary N) is 1. The highest BCUT2D eigenvalue weighted by molar-refractivity contribution is 5.36. The standard InChI is InChI=1S/C15H21N5O2/c1-9(2)15-19-14(22-20-15)3-4-16-13-7-12(17-8-18-13)10-5-11(21)6-10/h7-11,21H,3-6H2,1-2H3,(H,16,17,18). The highest BCUT2D eigenvalue weighted by Gasteiger charge is 2.29. The number of hydrogen-bond donors (Lipinski definition) is 2. The van der Waals surface area contributed by atoms with Crippen molar-refractivity contribution in [2.45, 2.75) is 51.0 Å². The monoisotopic (exact) mass is 303 g/mol. The Balaban J connectivity index is 1.51. The van der Waals surface area contributed by atoms with Crippen molar-refractivity contribution in [1.82, 2.24) is 20.1 Å². The molecule has 2 aromatic rings. The smallest absolute Gasteiger partial charge is 0.228 e. The molecule has 3 rings (SSSR count). The molecule has 0 radical (unpaired) electrons. The average Bonchev–Trinajstić information content (AvgIpc) is 2.93. The molecule has 1 aliphatic carbocycles. The molecule has 0 unspecified atom stereocenters. The Hall–Kier alpha value is -2.02. The highest BCUT2D eigenvalue weighted by atomic mass is 16.5. The van der Waals surface area contributed by atoms with Gasteiger partial charge >= 0.3 is 0 Å². The molecule has 2 N–H and O–H groups in total. The molecule has 0 saturated heterocycles. The summed E-state index contributed by atoms with van der Waals surface area (Å²) < 4.78 is 5.20. The van der Waals surface area contributed by atoms with Gasteiger partial charge in [0.2, 0.25) is 5.89 Å². The first-order chi connectivity index (χ1) is 10.6. The van der Waals surface area contributed by atoms with Crippen LogP contribution in [-0.2, 0) is 6.42 Å². The Bertz CT molecular complexity index is 622. The lowest BCUT2D eigenvalue weighted by atomic mass is 9.80. The van der Waals surface area contributed by atoms with Crippen LogP contribution in [0.3, 0.4) is 0 Å². The summed E-state index contributed by atoms with van der Waals surface area (Å²) in [4.78, 5) is 12.8. The first-order valence-corrected chi connectivity index (χ1v) is 7.68. The van der Waals surface area contributed by atoms with Crippen LogP contribution in [0.25, 0.3) is 0 Å². The molecule has 1 aliphatic rings. The lowest BCUT2D eigenvalue weighted by Gasteiger charge is -2.30. The molecule has 118 valence electrons. The van der Waals surface area contributed by atoms with Crippen molar-refractivity contribution in [3.8, 4) is 0 Å². The fourth-order valence-corrected chi connectivity index (χ4v) is 2.42. The van der Waals surface area contributed by atoms with E-state index in [2.05, 4.69) is 25.4 Å². The van der Waals surface area contributed by atoms with Gasteiger partial charge in [-0.25, -0.2) is 9.97 Å². The van der Waals surface area contributed by atoms with E-state index in [1.807, 2.05) is 19.9 Å². The number of aromatic nitrogens is 4. The van der Waals surface area contributed by atoms with Crippen LogP contribution in [-0.4, -0.2) is 37.9 Å². The number of nitrogens with zero attached hydrogens (tertiary/aromatic N) is 4. The lowest BCUT2D eigenvalue weighted by molar-refractivity contribution is 0.0732. The molecule has 7 nitrogen and oxygen atoms in total. The minimum Gasteiger partial charge on any atom is -0.393 e. The lowest BCUT2D eigenvalue weighted by Crippen LogP contribution is -2.27. The Kier molecular flexibility index (Phi) is 4.33. The highest BCUT2D eigenvalue weighted by Crippen LogP contribution is 2.35. The van der Waals surface area contributed by atoms with Gasteiger partial charge in [-0.2, -0.15) is 4.98 Å². The van der Waals surface area contributed by atoms with Gasteiger partial charge in [-0.05, 0) is 12.8 Å². The molecular weight excluding hydrogens is 282 g/mol. The second-order valence-electron chi connectivity index (χ2n) is 6.03. The predicted molar refractivity (Wildman–Crippen MR) is 80.6 cm³/mol. The van der Waals surface area contributed by atoms with Crippen LogP contribution >= 0.6 is 0 Å². The Morgan fingerprint density at radius 2 is 2.18 bits per heavy atom. The van der Waals surface area contributed by atoms with Crippen molar-refractivity contribution in [2.75, 3.05) is 11.9 Å². The van der Waals surface area contributed by atoms with Crippen LogP contribution in [0.5, 0.6) is 0 Å². The Morgan fingerprint density at radius 1 is 1.36 bits per heavy atom. The van der Waals surface area contributed by atoms with Gasteiger partial charge in [0.25, 0.3) is 0 Å². The van der Waals surface area contributed by atoms with Gasteiger partial charge < -0.3 is 14.9 Å². The van der Waals surface area contributed by atoms with E-state index in [9.17, 15) is 5.11 Å². The predicted octanol–water partition coefficient (Wildman–Crippen LogP) is 1.88. The quantitative estimate of drug-likeness (QED) is 0.840. The molecule has 7 heteroatoms. The van der Waals surface area contributed by atoms with Gasteiger partial charge in [0, 0.05) is 36.6 Å². The molecule has 0 amide bonds. The van der Waals surface area contributed by atoms with Crippen LogP contribution < -0.4 is 5.32 Å². The van der Waals surface area contributed by atoms with Crippen molar-refractivity contribution in [3.05, 3.63) is 29.8 Å². The minimum absolute atomic E-state index is 0.177. The van der Waals surface area contributed by atoms with Gasteiger partial charge in [-0.3, -0.25) is 0 Å². The molecule has 0 atom stereocenters. The van der Waals surface area contributed by atoms with E-state index in [0.717, 1.165) is 30.2 Å². The number of rotatable bonds is 6. The van der Waals surface area contributed by atoms with Crippen LogP contribution in [0.4, 0.5) is 5.82 Å². The third-order valence-corrected chi connectivity index (χ3v) is 3.86. The summed E-state index contributed by atoms with van der Waals surface area (Å²) in [5, 5.41) is 16.6. The molecule has 22 heavy (non-hydrogen) atoms. The summed E-state index contributed by atoms with van der Waals surface area (Å²) in [5.41, 5.74) is 0.989. The van der Waals surface area contributed by atoms with Gasteiger partial charge in [0.1, 0.15) is 12.1 Å². The maximum absolute atomic E-state index is 9.38. The molecule has 0 spiro atoms. The molecule has 0 bridgehead atoms. The number of hydrogen-bond acceptors (Lipinski definition) is 7. The van der Waals surface area contributed by atoms with Crippen LogP contribution in [0.1, 0.15) is 55.9 Å². The molecule has 1 fully saturated rings. The minimum atomic E-state index is -0.177. The molecule has 0 aliphatic heterocycles. The van der Waals surface area contributed by atoms with Gasteiger partial charge in [-0.15, -0.1) is 0 Å². The van der Waals surface area contributed by atoms with E-state index in [0.29, 0.717) is 24.8 Å². The van der Waals surface area contributed by atoms with E-state index in [4.69, 9.17) is 4.52 Å². The maximum atomic E-state index is 9.38. The van der Waals surface area contributed by atoms with Crippen molar-refractivity contribution >= 4 is 5.82 Å². The first-order valence-electron chi connectivity index (χ1n) is 7.68. The normalized spacial score (nSPS) is 20.9. The number of anilines is 1. The van der Waals surface area contributed by atoms with E-state index in [1.54, 1.807) is 6.33 Å². The third-order valence-electron chi connectivity index (χ3n) is 3.86. The molecule has 2 aromatic heterocycles. The summed E-state index contributed by atoms with van der Waals surface area (Å²) in [6.07, 6.45) is 3.61. The second kappa shape index (κ2) is 6.39. The zero-order valence-corrected chi connectivity index (χ0v) is 12.9. The molecule has 1 saturated carbocycles. The molecular formula is C15H21N5O2. The molecule has 2 heterocycles. The van der Waals surface area contributed by atoms with E-state index < -0.39 is 0 Å². The third kappa shape index (κ3) is 3.41. The first kappa shape index (κ1) is 14.9. The Morgan fingerprint density at radius 3 is 2.86 bits per heavy atom. The van der Waals surface area contributed by atoms with Crippen molar-refractivity contribution in [2.24, 2.45) is 0 Å². The van der Waals surface area contributed by atoms with E-state index in [-0.39, 0.29) is 12.0 Å². The molecule has 0 aromatic carbocycles. The SMILES string of the molecule is CC(C)c1noc(CCNc2cc(C3CC(O)C3)ncn2)n1. The van der Waals surface area contributed by atoms with Crippen molar-refractivity contribution < 1.29 is 9.63 Å². The summed E-state index contributed by atoms with van der Waals surface area (Å²) in [7, 11) is 0. The maximum Gasteiger partial charge on any atom is 0.228 e. The van der Waals surface area contributed by atoms with Crippen LogP contribution in [0.15, 0.2) is 16.9 Å². The van der Waals surface area contributed by atoms with Gasteiger partial charge in [0.05, 0.1) is 6.10 Å². The van der Waals surface area contributed by atoms with Gasteiger partial charge in [0.15, 0.2) is 5.82 Å². The zero-order chi connectivity index (χ0) is 15.5. The van der Waals surface area contributed by atoms with E-state index in [1.165, 1.54) is 0 Å². The van der Waals surface area contributed by atoms with Crippen LogP contribution in [0, 0.1) is 0 Å². The average molecular weight is 303 g/mol. The largest absolute Gasteiger partial charge is 0.393 e. The number of aliphatic hydroxyl groups excluding tert-OH is 1. The van der Waals surface area contributed by atoms with Crippen molar-refractivity contribution in [3.63, 3.8) is 0 Å². The fourth-order valence-electron chi connectivity index (χ4n) is 2.42. The van der Waals surface area contributed by atoms with Gasteiger partial charge in [-0.1, -0.05) is 19.0 Å². The summed E-state index contributed by atoms with van der Waals surface area (Å²) >= 11 is 0. The fraction of sp³-hybridized carbons (Fsp3) is 0.600. The summed E-state index contributed by atoms with van der Waals surface area (Å²) in [6.45, 7) is 4.74. The Labute approximate surface area is 129 Å². The summed E-state index contributed by atoms with van der Waals surface area (Å²) in [5.74, 6) is 2.78. The van der Waals surface area contributed by atoms with Crippen LogP contribution in [0.2, 0.25) is 0 Å². The number of aliphatic hydroxyl groups is 1. The van der Waals surface area contributed by atoms with E-state index >= 15 is 0 Å². The van der Waals surface area contributed by atoms with Crippen molar-refractivity contribution in [1.29, 1.82) is 0 Å². The zero-order valence-electron chi connectivity index (χ0n) is 12.9. The second-order valence-corrected chi connectivity index (χ2v) is 6.03. The topological polar surface area (TPSA) is 97.0 Å².